The van der Waals surface area contributed by atoms with Gasteiger partial charge in [0.15, 0.2) is 6.29 Å². The average molecular weight is 306 g/mol. The van der Waals surface area contributed by atoms with E-state index in [0.29, 0.717) is 5.92 Å². The number of rotatable bonds is 1. The Morgan fingerprint density at radius 1 is 0.842 bits per heavy atom. The Labute approximate surface area is 125 Å². The van der Waals surface area contributed by atoms with Crippen LogP contribution in [0.3, 0.4) is 0 Å². The third kappa shape index (κ3) is 9.24. The van der Waals surface area contributed by atoms with Gasteiger partial charge >= 0.3 is 33.9 Å². The van der Waals surface area contributed by atoms with E-state index in [2.05, 4.69) is 26.9 Å². The molecule has 0 N–H and O–H groups in total. The van der Waals surface area contributed by atoms with Crippen LogP contribution < -0.4 is 0 Å². The summed E-state index contributed by atoms with van der Waals surface area (Å²) < 4.78 is 33.6. The van der Waals surface area contributed by atoms with Crippen LogP contribution in [0.5, 0.6) is 0 Å². The minimum absolute atomic E-state index is 0. The van der Waals surface area contributed by atoms with Crippen molar-refractivity contribution in [2.24, 2.45) is 11.8 Å². The second-order valence-electron chi connectivity index (χ2n) is 4.04. The van der Waals surface area contributed by atoms with Crippen molar-refractivity contribution >= 4 is 0 Å². The van der Waals surface area contributed by atoms with E-state index in [9.17, 15) is 0 Å². The molecule has 0 bridgehead atoms. The smallest absolute Gasteiger partial charge is 0 e. The fraction of sp³-hybridized carbons (Fsp3) is 0.769. The number of hydrogen-bond acceptors (Lipinski definition) is 2. The average Bonchev–Trinajstić information content (AvgIpc) is 3.00. The summed E-state index contributed by atoms with van der Waals surface area (Å²) in [4.78, 5) is 0. The Balaban J connectivity index is -0.000000325. The zero-order valence-electron chi connectivity index (χ0n) is 10.9. The molecule has 1 aliphatic heterocycles. The molecule has 6 heteroatoms. The van der Waals surface area contributed by atoms with Crippen molar-refractivity contribution in [3.63, 3.8) is 0 Å². The summed E-state index contributed by atoms with van der Waals surface area (Å²) >= 11 is 0. The Bertz CT molecular complexity index is 231. The largest absolute Gasteiger partial charge is 0 e. The number of hydrogen-bond donors (Lipinski definition) is 0. The van der Waals surface area contributed by atoms with E-state index < -0.39 is 0 Å². The first kappa shape index (κ1) is 23.7. The molecule has 5 nitrogen and oxygen atoms in total. The summed E-state index contributed by atoms with van der Waals surface area (Å²) in [5.41, 5.74) is 0. The fourth-order valence-electron chi connectivity index (χ4n) is 2.37. The van der Waals surface area contributed by atoms with Crippen molar-refractivity contribution in [1.29, 1.82) is 0 Å². The molecule has 1 saturated heterocycles. The Morgan fingerprint density at radius 3 is 1.68 bits per heavy atom. The van der Waals surface area contributed by atoms with Crippen molar-refractivity contribution in [3.8, 4) is 0 Å². The molecule has 0 aromatic carbocycles. The second kappa shape index (κ2) is 17.7. The zero-order valence-corrected chi connectivity index (χ0v) is 12.2. The van der Waals surface area contributed by atoms with E-state index in [1.165, 1.54) is 25.7 Å². The van der Waals surface area contributed by atoms with E-state index in [-0.39, 0.29) is 23.7 Å². The summed E-state index contributed by atoms with van der Waals surface area (Å²) in [6.07, 6.45) is 5.53. The normalized spacial score (nSPS) is 24.8. The molecule has 1 aliphatic carbocycles. The minimum Gasteiger partial charge on any atom is 0 e. The molecule has 2 atom stereocenters. The van der Waals surface area contributed by atoms with Gasteiger partial charge in [0, 0.05) is 23.3 Å². The summed E-state index contributed by atoms with van der Waals surface area (Å²) in [7, 11) is 0. The van der Waals surface area contributed by atoms with Crippen molar-refractivity contribution < 1.29 is 40.8 Å². The maximum absolute atomic E-state index is 7.50. The molecule has 0 spiro atoms. The summed E-state index contributed by atoms with van der Waals surface area (Å²) in [6, 6.07) is 0. The van der Waals surface area contributed by atoms with Crippen LogP contribution in [-0.4, -0.2) is 19.5 Å². The van der Waals surface area contributed by atoms with E-state index in [1.807, 2.05) is 0 Å². The maximum Gasteiger partial charge on any atom is 0 e. The molecular weight excluding hydrogens is 288 g/mol. The van der Waals surface area contributed by atoms with Gasteiger partial charge in [0.05, 0.1) is 13.2 Å². The Morgan fingerprint density at radius 2 is 1.26 bits per heavy atom. The first-order valence-corrected chi connectivity index (χ1v) is 5.72. The third-order valence-corrected chi connectivity index (χ3v) is 3.17. The second-order valence-corrected chi connectivity index (χ2v) is 4.04. The molecule has 2 fully saturated rings. The third-order valence-electron chi connectivity index (χ3n) is 3.17. The maximum atomic E-state index is 7.50. The van der Waals surface area contributed by atoms with Crippen LogP contribution >= 0.6 is 0 Å². The van der Waals surface area contributed by atoms with Gasteiger partial charge in [-0.25, -0.2) is 0 Å². The Hall–Kier alpha value is -0.328. The minimum atomic E-state index is 0. The van der Waals surface area contributed by atoms with Gasteiger partial charge in [-0.2, -0.15) is 0 Å². The van der Waals surface area contributed by atoms with Crippen LogP contribution in [-0.2, 0) is 40.8 Å². The molecule has 2 unspecified atom stereocenters. The van der Waals surface area contributed by atoms with Crippen molar-refractivity contribution in [1.82, 2.24) is 0 Å². The van der Waals surface area contributed by atoms with Gasteiger partial charge in [-0.15, -0.1) is 0 Å². The van der Waals surface area contributed by atoms with Crippen LogP contribution in [0.15, 0.2) is 0 Å². The standard InChI is InChI=1S/C10H18O2.3CO.Cr/c1-8-4-2-3-5-9(8)10-11-6-7-12-10;3*1-2;/h8-10H,2-7H2,1H3;;;;. The van der Waals surface area contributed by atoms with Crippen molar-refractivity contribution in [2.45, 2.75) is 38.9 Å². The van der Waals surface area contributed by atoms with Gasteiger partial charge in [-0.1, -0.05) is 26.2 Å². The molecule has 1 saturated carbocycles. The van der Waals surface area contributed by atoms with E-state index in [1.54, 1.807) is 0 Å². The quantitative estimate of drug-likeness (QED) is 0.549. The Kier molecular flexibility index (Phi) is 22.1. The SMILES string of the molecule is CC1CCCCC1C1OCCO1.[C-]#[O+].[C-]#[O+].[C-]#[O+].[Cr]. The molecule has 0 amide bonds. The van der Waals surface area contributed by atoms with Crippen LogP contribution in [0.4, 0.5) is 0 Å². The van der Waals surface area contributed by atoms with Crippen molar-refractivity contribution in [3.05, 3.63) is 20.0 Å². The molecule has 19 heavy (non-hydrogen) atoms. The fourth-order valence-corrected chi connectivity index (χ4v) is 2.37. The van der Waals surface area contributed by atoms with Gasteiger partial charge in [0.25, 0.3) is 0 Å². The molecule has 2 rings (SSSR count). The van der Waals surface area contributed by atoms with E-state index in [0.717, 1.165) is 19.1 Å². The van der Waals surface area contributed by atoms with Gasteiger partial charge in [0.2, 0.25) is 0 Å². The topological polar surface area (TPSA) is 78.2 Å². The zero-order chi connectivity index (χ0) is 14.4. The van der Waals surface area contributed by atoms with Crippen LogP contribution in [0.2, 0.25) is 0 Å². The van der Waals surface area contributed by atoms with Crippen LogP contribution in [0, 0.1) is 31.8 Å². The molecule has 106 valence electrons. The molecular formula is C13H18CrO5. The van der Waals surface area contributed by atoms with E-state index >= 15 is 0 Å². The number of ether oxygens (including phenoxy) is 2. The van der Waals surface area contributed by atoms with Crippen LogP contribution in [0.25, 0.3) is 0 Å². The van der Waals surface area contributed by atoms with Crippen LogP contribution in [0.1, 0.15) is 32.6 Å². The molecule has 2 aliphatic rings. The van der Waals surface area contributed by atoms with E-state index in [4.69, 9.17) is 23.4 Å². The summed E-state index contributed by atoms with van der Waals surface area (Å²) in [5.74, 6) is 1.46. The summed E-state index contributed by atoms with van der Waals surface area (Å²) in [6.45, 7) is 17.4. The monoisotopic (exact) mass is 306 g/mol. The van der Waals surface area contributed by atoms with Gasteiger partial charge in [-0.05, 0) is 12.3 Å². The first-order chi connectivity index (χ1) is 8.88. The summed E-state index contributed by atoms with van der Waals surface area (Å²) in [5, 5.41) is 0. The van der Waals surface area contributed by atoms with Gasteiger partial charge in [-0.3, -0.25) is 0 Å². The first-order valence-electron chi connectivity index (χ1n) is 5.72. The molecule has 0 aromatic rings. The van der Waals surface area contributed by atoms with Gasteiger partial charge in [0.1, 0.15) is 0 Å². The predicted octanol–water partition coefficient (Wildman–Crippen LogP) is 2.07. The van der Waals surface area contributed by atoms with Crippen molar-refractivity contribution in [2.75, 3.05) is 13.2 Å². The molecule has 0 radical (unpaired) electrons. The van der Waals surface area contributed by atoms with Gasteiger partial charge < -0.3 is 9.47 Å². The molecule has 0 aromatic heterocycles. The predicted molar refractivity (Wildman–Crippen MR) is 58.6 cm³/mol. The molecule has 1 heterocycles.